The molecule has 2 aliphatic heterocycles. The van der Waals surface area contributed by atoms with Gasteiger partial charge in [-0.05, 0) is 56.2 Å². The summed E-state index contributed by atoms with van der Waals surface area (Å²) in [5.74, 6) is -5.09. The van der Waals surface area contributed by atoms with Crippen molar-refractivity contribution in [3.05, 3.63) is 29.6 Å². The molecule has 4 bridgehead atoms. The number of hydrogen-bond acceptors (Lipinski definition) is 11. The third kappa shape index (κ3) is 12.8. The Hall–Kier alpha value is -5.27. The van der Waals surface area contributed by atoms with Crippen molar-refractivity contribution in [2.45, 2.75) is 95.5 Å². The summed E-state index contributed by atoms with van der Waals surface area (Å²) in [5, 5.41) is 13.5. The number of nitrogens with one attached hydrogen (secondary N) is 5. The summed E-state index contributed by atoms with van der Waals surface area (Å²) < 4.78 is 0. The van der Waals surface area contributed by atoms with Crippen LogP contribution < -0.4 is 49.5 Å². The number of aliphatic imine (C=N–C) groups is 2. The maximum atomic E-state index is 13.7. The molecule has 2 aliphatic rings. The number of carbonyl (C=O) groups excluding carboxylic acids is 7. The zero-order valence-electron chi connectivity index (χ0n) is 29.3. The number of nitrogens with zero attached hydrogens (tertiary/aromatic N) is 3. The van der Waals surface area contributed by atoms with E-state index in [0.717, 1.165) is 0 Å². The first-order chi connectivity index (χ1) is 24.5. The Kier molecular flexibility index (Phi) is 15.3. The molecule has 0 saturated carbocycles. The van der Waals surface area contributed by atoms with Crippen LogP contribution in [0.1, 0.15) is 64.1 Å². The fourth-order valence-corrected chi connectivity index (χ4v) is 6.35. The van der Waals surface area contributed by atoms with Crippen molar-refractivity contribution in [3.63, 3.8) is 0 Å². The molecule has 0 radical (unpaired) electrons. The van der Waals surface area contributed by atoms with E-state index in [1.807, 2.05) is 13.8 Å². The average Bonchev–Trinajstić information content (AvgIpc) is 3.57. The minimum Gasteiger partial charge on any atom is -0.370 e. The number of fused-ring (bicyclic) bond motifs is 4. The van der Waals surface area contributed by atoms with Crippen LogP contribution in [-0.2, 0) is 40.0 Å². The van der Waals surface area contributed by atoms with E-state index >= 15 is 0 Å². The maximum absolute atomic E-state index is 13.7. The van der Waals surface area contributed by atoms with Crippen molar-refractivity contribution in [2.24, 2.45) is 38.8 Å². The smallest absolute Gasteiger partial charge is 0.246 e. The molecule has 0 saturated heterocycles. The van der Waals surface area contributed by atoms with Crippen molar-refractivity contribution in [2.75, 3.05) is 12.3 Å². The van der Waals surface area contributed by atoms with Crippen molar-refractivity contribution < 1.29 is 33.6 Å². The van der Waals surface area contributed by atoms with E-state index in [4.69, 9.17) is 22.9 Å². The van der Waals surface area contributed by atoms with Crippen molar-refractivity contribution in [3.8, 4) is 0 Å². The van der Waals surface area contributed by atoms with E-state index < -0.39 is 77.6 Å². The van der Waals surface area contributed by atoms with E-state index in [1.54, 1.807) is 12.1 Å². The summed E-state index contributed by atoms with van der Waals surface area (Å²) in [6.07, 6.45) is 1.37. The molecule has 0 fully saturated rings. The van der Waals surface area contributed by atoms with Gasteiger partial charge in [0.25, 0.3) is 0 Å². The molecule has 3 rings (SSSR count). The lowest BCUT2D eigenvalue weighted by Gasteiger charge is -2.27. The number of aromatic nitrogens is 1. The van der Waals surface area contributed by atoms with Gasteiger partial charge in [0.1, 0.15) is 41.3 Å². The number of nitrogens with two attached hydrogens (primary N) is 4. The van der Waals surface area contributed by atoms with E-state index in [-0.39, 0.29) is 62.7 Å². The highest BCUT2D eigenvalue weighted by Crippen LogP contribution is 2.23. The summed E-state index contributed by atoms with van der Waals surface area (Å²) in [7, 11) is 0. The highest BCUT2D eigenvalue weighted by atomic mass is 32.2. The molecule has 20 heteroatoms. The van der Waals surface area contributed by atoms with Crippen LogP contribution in [0.2, 0.25) is 0 Å². The van der Waals surface area contributed by atoms with Gasteiger partial charge in [-0.3, -0.25) is 48.5 Å². The van der Waals surface area contributed by atoms with Crippen LogP contribution in [0.15, 0.2) is 28.3 Å². The Morgan fingerprint density at radius 3 is 2.17 bits per heavy atom. The van der Waals surface area contributed by atoms with E-state index in [9.17, 15) is 33.6 Å². The Balaban J connectivity index is 2.03. The molecule has 0 aliphatic carbocycles. The number of rotatable bonds is 10. The molecule has 1 aromatic rings. The van der Waals surface area contributed by atoms with Gasteiger partial charge in [0, 0.05) is 31.3 Å². The quantitative estimate of drug-likeness (QED) is 0.0652. The molecule has 6 atom stereocenters. The van der Waals surface area contributed by atoms with Crippen LogP contribution in [0.25, 0.3) is 0 Å². The first-order valence-electron chi connectivity index (χ1n) is 16.8. The summed E-state index contributed by atoms with van der Waals surface area (Å²) in [6.45, 7) is 5.23. The van der Waals surface area contributed by atoms with Crippen LogP contribution in [0.5, 0.6) is 0 Å². The van der Waals surface area contributed by atoms with Crippen molar-refractivity contribution in [1.82, 2.24) is 31.6 Å². The van der Waals surface area contributed by atoms with Gasteiger partial charge in [0.05, 0.1) is 5.69 Å². The summed E-state index contributed by atoms with van der Waals surface area (Å²) in [4.78, 5) is 104. The van der Waals surface area contributed by atoms with Crippen LogP contribution in [0, 0.1) is 5.92 Å². The second-order valence-corrected chi connectivity index (χ2v) is 14.0. The van der Waals surface area contributed by atoms with Gasteiger partial charge in [-0.2, -0.15) is 0 Å². The van der Waals surface area contributed by atoms with Gasteiger partial charge in [-0.25, -0.2) is 0 Å². The van der Waals surface area contributed by atoms with Crippen molar-refractivity contribution >= 4 is 64.1 Å². The van der Waals surface area contributed by atoms with E-state index in [2.05, 4.69) is 41.6 Å². The maximum Gasteiger partial charge on any atom is 0.246 e. The molecule has 0 unspecified atom stereocenters. The van der Waals surface area contributed by atoms with Crippen LogP contribution in [0.4, 0.5) is 0 Å². The third-order valence-electron chi connectivity index (χ3n) is 8.08. The van der Waals surface area contributed by atoms with Crippen LogP contribution in [0.3, 0.4) is 0 Å². The molecule has 19 nitrogen and oxygen atoms in total. The van der Waals surface area contributed by atoms with E-state index in [1.165, 1.54) is 24.9 Å². The molecule has 284 valence electrons. The number of pyridine rings is 1. The zero-order valence-corrected chi connectivity index (χ0v) is 30.2. The Labute approximate surface area is 305 Å². The zero-order chi connectivity index (χ0) is 38.5. The Morgan fingerprint density at radius 1 is 0.885 bits per heavy atom. The van der Waals surface area contributed by atoms with Crippen molar-refractivity contribution in [1.29, 1.82) is 0 Å². The fourth-order valence-electron chi connectivity index (χ4n) is 5.34. The van der Waals surface area contributed by atoms with Gasteiger partial charge in [0.15, 0.2) is 5.96 Å². The predicted octanol–water partition coefficient (Wildman–Crippen LogP) is -3.21. The minimum absolute atomic E-state index is 0.0574. The fraction of sp³-hybridized carbons (Fsp3) is 0.562. The van der Waals surface area contributed by atoms with Crippen LogP contribution in [-0.4, -0.2) is 106 Å². The third-order valence-corrected chi connectivity index (χ3v) is 9.15. The lowest BCUT2D eigenvalue weighted by molar-refractivity contribution is -0.135. The van der Waals surface area contributed by atoms with Gasteiger partial charge >= 0.3 is 0 Å². The number of primary amides is 2. The normalized spacial score (nSPS) is 24.8. The number of thioether (sulfide) groups is 1. The largest absolute Gasteiger partial charge is 0.370 e. The Morgan fingerprint density at radius 2 is 1.52 bits per heavy atom. The molecular formula is C32H48N12O7S. The molecule has 13 N–H and O–H groups in total. The monoisotopic (exact) mass is 744 g/mol. The lowest BCUT2D eigenvalue weighted by Crippen LogP contribution is -2.59. The summed E-state index contributed by atoms with van der Waals surface area (Å²) in [6, 6.07) is -3.61. The van der Waals surface area contributed by atoms with Gasteiger partial charge in [-0.1, -0.05) is 13.8 Å². The predicted molar refractivity (Wildman–Crippen MR) is 193 cm³/mol. The Bertz CT molecular complexity index is 1580. The molecule has 1 aromatic heterocycles. The second-order valence-electron chi connectivity index (χ2n) is 13.0. The molecule has 52 heavy (non-hydrogen) atoms. The number of carbonyl (C=O) groups is 7. The highest BCUT2D eigenvalue weighted by molar-refractivity contribution is 8.14. The van der Waals surface area contributed by atoms with Gasteiger partial charge in [-0.15, -0.1) is 11.8 Å². The standard InChI is InChI=1S/C32H48N12O7S/c1-15(2)11-21-29(50)41-19(6-7-24(33)45)28(49)42-20(25(34)46)12-17-8-10-37-22(13-17)31-44-23(14-52-31)30(51)39-16(3)26(47)40-18(27(48)43-21)5-4-9-38-32(35)36/h8,10,13,15-16,18-21,23H,4-7,9,11-12,14H2,1-3H3,(H2,33,45)(H2,34,46)(H,39,51)(H,40,47)(H,41,50)(H,42,49)(H,43,48)(H4,35,36,38)/t16-,18-,19-,20-,21-,23-/m0/s1. The summed E-state index contributed by atoms with van der Waals surface area (Å²) in [5.41, 5.74) is 22.8. The molecule has 0 spiro atoms. The average molecular weight is 745 g/mol. The number of guanidine groups is 1. The first-order valence-corrected chi connectivity index (χ1v) is 17.8. The first kappa shape index (κ1) is 41.2. The van der Waals surface area contributed by atoms with E-state index in [0.29, 0.717) is 16.3 Å². The van der Waals surface area contributed by atoms with Gasteiger partial charge in [0.2, 0.25) is 41.4 Å². The van der Waals surface area contributed by atoms with Gasteiger partial charge < -0.3 is 49.5 Å². The van der Waals surface area contributed by atoms with Crippen LogP contribution >= 0.6 is 11.8 Å². The minimum atomic E-state index is -1.35. The topological polar surface area (TPSA) is 321 Å². The lowest BCUT2D eigenvalue weighted by atomic mass is 10.0. The molecular weight excluding hydrogens is 696 g/mol. The molecule has 3 heterocycles. The summed E-state index contributed by atoms with van der Waals surface area (Å²) >= 11 is 1.27. The molecule has 7 amide bonds. The number of amides is 7. The highest BCUT2D eigenvalue weighted by Gasteiger charge is 2.34. The number of hydrogen-bond donors (Lipinski definition) is 9. The molecule has 0 aromatic carbocycles. The second kappa shape index (κ2) is 19.4. The SMILES string of the molecule is CC(C)C[C@@H]1NC(=O)[C@H](CCCN=C(N)N)NC(=O)[C@H](C)NC(=O)[C@@H]2CSC(=N2)c2cc(ccn2)C[C@@H](C(N)=O)NC(=O)[C@H](CCC(N)=O)NC1=O.